The molecule has 0 radical (unpaired) electrons. The molecule has 3 heterocycles. The van der Waals surface area contributed by atoms with Gasteiger partial charge < -0.3 is 25.4 Å². The average Bonchev–Trinajstić information content (AvgIpc) is 2.90. The summed E-state index contributed by atoms with van der Waals surface area (Å²) in [5.74, 6) is 1.99. The van der Waals surface area contributed by atoms with Gasteiger partial charge in [0.2, 0.25) is 0 Å². The summed E-state index contributed by atoms with van der Waals surface area (Å²) in [7, 11) is 1.74. The highest BCUT2D eigenvalue weighted by molar-refractivity contribution is 5.56. The molecule has 1 saturated carbocycles. The number of ether oxygens (including phenoxy) is 2. The van der Waals surface area contributed by atoms with Gasteiger partial charge in [-0.3, -0.25) is 0 Å². The third-order valence-electron chi connectivity index (χ3n) is 6.86. The van der Waals surface area contributed by atoms with E-state index in [4.69, 9.17) is 9.47 Å². The van der Waals surface area contributed by atoms with E-state index in [-0.39, 0.29) is 0 Å². The topological polar surface area (TPSA) is 130 Å². The summed E-state index contributed by atoms with van der Waals surface area (Å²) in [5.41, 5.74) is 0.238. The van der Waals surface area contributed by atoms with E-state index >= 15 is 0 Å². The lowest BCUT2D eigenvalue weighted by molar-refractivity contribution is 0.0455. The molecule has 2 aliphatic rings. The molecule has 3 N–H and O–H groups in total. The zero-order valence-electron chi connectivity index (χ0n) is 20.7. The van der Waals surface area contributed by atoms with Crippen LogP contribution in [0.3, 0.4) is 0 Å². The molecule has 0 spiro atoms. The van der Waals surface area contributed by atoms with E-state index in [1.54, 1.807) is 19.6 Å². The summed E-state index contributed by atoms with van der Waals surface area (Å²) in [5, 5.41) is 20.2. The smallest absolute Gasteiger partial charge is 0.180 e. The lowest BCUT2D eigenvalue weighted by Gasteiger charge is -2.31. The van der Waals surface area contributed by atoms with E-state index in [2.05, 4.69) is 48.9 Å². The summed E-state index contributed by atoms with van der Waals surface area (Å²) in [6.45, 7) is 4.66. The van der Waals surface area contributed by atoms with E-state index in [0.29, 0.717) is 55.2 Å². The highest BCUT2D eigenvalue weighted by Gasteiger charge is 2.32. The van der Waals surface area contributed by atoms with Crippen molar-refractivity contribution in [2.45, 2.75) is 63.6 Å². The van der Waals surface area contributed by atoms with Gasteiger partial charge in [0.25, 0.3) is 0 Å². The summed E-state index contributed by atoms with van der Waals surface area (Å²) >= 11 is 0. The van der Waals surface area contributed by atoms with Crippen LogP contribution in [0.1, 0.15) is 45.4 Å². The summed E-state index contributed by atoms with van der Waals surface area (Å²) in [4.78, 5) is 17.9. The number of rotatable bonds is 10. The Balaban J connectivity index is 1.33. The number of hydrogen-bond donors (Lipinski definition) is 3. The fourth-order valence-electron chi connectivity index (χ4n) is 4.80. The summed E-state index contributed by atoms with van der Waals surface area (Å²) in [6, 6.07) is 7.47. The number of hydrogen-bond acceptors (Lipinski definition) is 10. The summed E-state index contributed by atoms with van der Waals surface area (Å²) < 4.78 is 10.6. The van der Waals surface area contributed by atoms with Gasteiger partial charge in [-0.05, 0) is 51.5 Å². The summed E-state index contributed by atoms with van der Waals surface area (Å²) in [6.07, 6.45) is 9.11. The molecule has 188 valence electrons. The molecule has 4 rings (SSSR count). The van der Waals surface area contributed by atoms with Crippen molar-refractivity contribution in [1.29, 1.82) is 5.26 Å². The number of methoxy groups -OCH3 is 1. The average molecular weight is 481 g/mol. The Kier molecular flexibility index (Phi) is 8.79. The van der Waals surface area contributed by atoms with E-state index in [1.807, 2.05) is 12.1 Å². The normalized spacial score (nSPS) is 22.7. The zero-order chi connectivity index (χ0) is 24.5. The predicted molar refractivity (Wildman–Crippen MR) is 134 cm³/mol. The van der Waals surface area contributed by atoms with Crippen LogP contribution >= 0.6 is 0 Å². The molecule has 0 aromatic carbocycles. The highest BCUT2D eigenvalue weighted by atomic mass is 16.5. The zero-order valence-corrected chi connectivity index (χ0v) is 20.7. The fraction of sp³-hybridized carbons (Fsp3) is 0.640. The number of nitrogens with one attached hydrogen (secondary N) is 3. The van der Waals surface area contributed by atoms with Crippen molar-refractivity contribution in [2.24, 2.45) is 5.41 Å². The predicted octanol–water partition coefficient (Wildman–Crippen LogP) is 3.01. The van der Waals surface area contributed by atoms with Gasteiger partial charge in [0.15, 0.2) is 5.82 Å². The molecule has 1 saturated heterocycles. The Labute approximate surface area is 207 Å². The molecule has 2 fully saturated rings. The number of aromatic nitrogens is 4. The van der Waals surface area contributed by atoms with Crippen molar-refractivity contribution in [3.63, 3.8) is 0 Å². The third kappa shape index (κ3) is 7.07. The molecule has 1 aliphatic heterocycles. The van der Waals surface area contributed by atoms with Crippen molar-refractivity contribution in [2.75, 3.05) is 44.1 Å². The molecule has 1 atom stereocenters. The second-order valence-corrected chi connectivity index (χ2v) is 9.63. The van der Waals surface area contributed by atoms with Crippen LogP contribution in [0.2, 0.25) is 0 Å². The molecular weight excluding hydrogens is 444 g/mol. The molecule has 2 aromatic heterocycles. The van der Waals surface area contributed by atoms with Gasteiger partial charge in [0.05, 0.1) is 18.1 Å². The van der Waals surface area contributed by atoms with Crippen LogP contribution in [0.25, 0.3) is 11.5 Å². The molecule has 35 heavy (non-hydrogen) atoms. The Morgan fingerprint density at radius 1 is 1.14 bits per heavy atom. The Morgan fingerprint density at radius 2 is 1.91 bits per heavy atom. The van der Waals surface area contributed by atoms with Crippen molar-refractivity contribution in [3.8, 4) is 17.6 Å². The van der Waals surface area contributed by atoms with E-state index < -0.39 is 5.41 Å². The first-order chi connectivity index (χ1) is 17.1. The maximum Gasteiger partial charge on any atom is 0.180 e. The minimum absolute atomic E-state index is 0.367. The number of nitrogens with zero attached hydrogens (tertiary/aromatic N) is 5. The van der Waals surface area contributed by atoms with Crippen molar-refractivity contribution >= 4 is 11.6 Å². The Morgan fingerprint density at radius 3 is 2.66 bits per heavy atom. The van der Waals surface area contributed by atoms with Crippen LogP contribution in [0, 0.1) is 16.7 Å². The molecule has 0 amide bonds. The Bertz CT molecular complexity index is 983. The lowest BCUT2D eigenvalue weighted by atomic mass is 9.82. The van der Waals surface area contributed by atoms with Gasteiger partial charge in [-0.1, -0.05) is 0 Å². The van der Waals surface area contributed by atoms with Crippen molar-refractivity contribution in [3.05, 3.63) is 24.7 Å². The molecule has 10 nitrogen and oxygen atoms in total. The first-order valence-corrected chi connectivity index (χ1v) is 12.5. The van der Waals surface area contributed by atoms with Crippen LogP contribution < -0.4 is 16.0 Å². The largest absolute Gasteiger partial charge is 0.383 e. The standard InChI is InChI=1S/C25H36N8O2/c1-18(14-34-2)31-19-3-5-20(6-4-19)32-23-13-21(29-17-30-23)24-27-10-7-22(33-24)28-16-25(15-26)8-11-35-12-9-25/h7,10,13,17-20,31H,3-6,8-9,11-12,14,16H2,1-2H3,(H,27,28,33)(H,29,30,32)/t18-,19?,20?/m0/s1. The lowest BCUT2D eigenvalue weighted by Crippen LogP contribution is -2.42. The third-order valence-corrected chi connectivity index (χ3v) is 6.86. The van der Waals surface area contributed by atoms with Crippen LogP contribution in [-0.4, -0.2) is 71.5 Å². The van der Waals surface area contributed by atoms with Gasteiger partial charge in [-0.2, -0.15) is 5.26 Å². The minimum Gasteiger partial charge on any atom is -0.383 e. The monoisotopic (exact) mass is 480 g/mol. The maximum atomic E-state index is 9.68. The van der Waals surface area contributed by atoms with Crippen LogP contribution in [0.5, 0.6) is 0 Å². The fourth-order valence-corrected chi connectivity index (χ4v) is 4.80. The SMILES string of the molecule is COC[C@H](C)NC1CCC(Nc2cc(-c3nccc(NCC4(C#N)CCOCC4)n3)ncn2)CC1. The highest BCUT2D eigenvalue weighted by Crippen LogP contribution is 2.30. The second-order valence-electron chi connectivity index (χ2n) is 9.63. The molecular formula is C25H36N8O2. The second kappa shape index (κ2) is 12.2. The quantitative estimate of drug-likeness (QED) is 0.466. The molecule has 10 heteroatoms. The van der Waals surface area contributed by atoms with E-state index in [1.165, 1.54) is 0 Å². The maximum absolute atomic E-state index is 9.68. The Hall–Kier alpha value is -2.87. The van der Waals surface area contributed by atoms with Gasteiger partial charge >= 0.3 is 0 Å². The van der Waals surface area contributed by atoms with E-state index in [9.17, 15) is 5.26 Å². The molecule has 0 bridgehead atoms. The van der Waals surface area contributed by atoms with Crippen molar-refractivity contribution in [1.82, 2.24) is 25.3 Å². The van der Waals surface area contributed by atoms with Gasteiger partial charge in [0.1, 0.15) is 23.7 Å². The number of anilines is 2. The first kappa shape index (κ1) is 25.2. The van der Waals surface area contributed by atoms with Gasteiger partial charge in [0, 0.05) is 57.3 Å². The molecule has 1 aliphatic carbocycles. The number of nitriles is 1. The van der Waals surface area contributed by atoms with Gasteiger partial charge in [-0.15, -0.1) is 0 Å². The first-order valence-electron chi connectivity index (χ1n) is 12.5. The van der Waals surface area contributed by atoms with Crippen LogP contribution in [0.15, 0.2) is 24.7 Å². The van der Waals surface area contributed by atoms with Crippen molar-refractivity contribution < 1.29 is 9.47 Å². The minimum atomic E-state index is -0.425. The molecule has 0 unspecified atom stereocenters. The van der Waals surface area contributed by atoms with E-state index in [0.717, 1.165) is 50.9 Å². The van der Waals surface area contributed by atoms with Crippen LogP contribution in [-0.2, 0) is 9.47 Å². The molecule has 2 aromatic rings. The van der Waals surface area contributed by atoms with Crippen LogP contribution in [0.4, 0.5) is 11.6 Å². The van der Waals surface area contributed by atoms with Gasteiger partial charge in [-0.25, -0.2) is 19.9 Å².